The quantitative estimate of drug-likeness (QED) is 0.852. The number of piperidine rings is 1. The lowest BCUT2D eigenvalue weighted by Gasteiger charge is -2.39. The summed E-state index contributed by atoms with van der Waals surface area (Å²) < 4.78 is 0. The number of carboxylic acid groups (broad SMARTS) is 1. The molecule has 1 saturated heterocycles. The predicted octanol–water partition coefficient (Wildman–Crippen LogP) is 2.27. The first-order chi connectivity index (χ1) is 8.76. The monoisotopic (exact) mass is 270 g/mol. The van der Waals surface area contributed by atoms with Crippen LogP contribution in [0.4, 0.5) is 4.79 Å². The van der Waals surface area contributed by atoms with Gasteiger partial charge in [0.1, 0.15) is 0 Å². The van der Waals surface area contributed by atoms with Crippen molar-refractivity contribution in [3.05, 3.63) is 0 Å². The van der Waals surface area contributed by atoms with E-state index in [4.69, 9.17) is 0 Å². The third kappa shape index (κ3) is 4.11. The SMILES string of the molecule is CC(C)CCN(C)C(=O)N1CCCC(C)(C(=O)O)C1. The number of hydrogen-bond acceptors (Lipinski definition) is 2. The Bertz CT molecular complexity index is 344. The maximum Gasteiger partial charge on any atom is 0.319 e. The number of carboxylic acids is 1. The number of likely N-dealkylation sites (tertiary alicyclic amines) is 1. The van der Waals surface area contributed by atoms with E-state index in [1.54, 1.807) is 23.8 Å². The molecule has 1 aliphatic heterocycles. The standard InChI is InChI=1S/C14H26N2O3/c1-11(2)6-9-15(4)13(19)16-8-5-7-14(3,10-16)12(17)18/h11H,5-10H2,1-4H3,(H,17,18). The molecule has 1 N–H and O–H groups in total. The van der Waals surface area contributed by atoms with Crippen LogP contribution in [-0.4, -0.2) is 53.6 Å². The van der Waals surface area contributed by atoms with Gasteiger partial charge in [0, 0.05) is 26.7 Å². The first kappa shape index (κ1) is 15.8. The Labute approximate surface area is 115 Å². The lowest BCUT2D eigenvalue weighted by Crippen LogP contribution is -2.52. The van der Waals surface area contributed by atoms with Gasteiger partial charge in [-0.1, -0.05) is 13.8 Å². The van der Waals surface area contributed by atoms with Crippen LogP contribution in [0.1, 0.15) is 40.0 Å². The summed E-state index contributed by atoms with van der Waals surface area (Å²) in [6, 6.07) is -0.0483. The van der Waals surface area contributed by atoms with Gasteiger partial charge in [-0.15, -0.1) is 0 Å². The van der Waals surface area contributed by atoms with E-state index in [0.29, 0.717) is 25.4 Å². The molecule has 1 fully saturated rings. The van der Waals surface area contributed by atoms with Gasteiger partial charge in [0.25, 0.3) is 0 Å². The van der Waals surface area contributed by atoms with Crippen molar-refractivity contribution in [2.75, 3.05) is 26.7 Å². The zero-order chi connectivity index (χ0) is 14.6. The Morgan fingerprint density at radius 2 is 2.05 bits per heavy atom. The van der Waals surface area contributed by atoms with E-state index in [0.717, 1.165) is 19.4 Å². The van der Waals surface area contributed by atoms with Gasteiger partial charge in [0.05, 0.1) is 5.41 Å². The minimum Gasteiger partial charge on any atom is -0.481 e. The number of nitrogens with zero attached hydrogens (tertiary/aromatic N) is 2. The zero-order valence-electron chi connectivity index (χ0n) is 12.5. The summed E-state index contributed by atoms with van der Waals surface area (Å²) in [5.41, 5.74) is -0.799. The van der Waals surface area contributed by atoms with Crippen LogP contribution in [0.25, 0.3) is 0 Å². The maximum atomic E-state index is 12.3. The fourth-order valence-electron chi connectivity index (χ4n) is 2.37. The Hall–Kier alpha value is -1.26. The summed E-state index contributed by atoms with van der Waals surface area (Å²) in [7, 11) is 1.79. The molecule has 0 radical (unpaired) electrons. The van der Waals surface area contributed by atoms with Crippen molar-refractivity contribution in [3.8, 4) is 0 Å². The molecular weight excluding hydrogens is 244 g/mol. The van der Waals surface area contributed by atoms with Crippen molar-refractivity contribution in [1.29, 1.82) is 0 Å². The van der Waals surface area contributed by atoms with Crippen LogP contribution in [0.2, 0.25) is 0 Å². The van der Waals surface area contributed by atoms with Crippen molar-refractivity contribution >= 4 is 12.0 Å². The summed E-state index contributed by atoms with van der Waals surface area (Å²) in [6.45, 7) is 7.67. The zero-order valence-corrected chi connectivity index (χ0v) is 12.5. The van der Waals surface area contributed by atoms with Crippen LogP contribution in [0.15, 0.2) is 0 Å². The van der Waals surface area contributed by atoms with Gasteiger partial charge in [-0.25, -0.2) is 4.79 Å². The summed E-state index contributed by atoms with van der Waals surface area (Å²) in [5.74, 6) is -0.254. The molecular formula is C14H26N2O3. The fourth-order valence-corrected chi connectivity index (χ4v) is 2.37. The maximum absolute atomic E-state index is 12.3. The highest BCUT2D eigenvalue weighted by Crippen LogP contribution is 2.30. The third-order valence-electron chi connectivity index (χ3n) is 3.85. The van der Waals surface area contributed by atoms with Gasteiger partial charge >= 0.3 is 12.0 Å². The number of rotatable bonds is 4. The second-order valence-electron chi connectivity index (χ2n) is 6.28. The molecule has 1 aliphatic rings. The first-order valence-corrected chi connectivity index (χ1v) is 7.00. The highest BCUT2D eigenvalue weighted by Gasteiger charge is 2.39. The average molecular weight is 270 g/mol. The van der Waals surface area contributed by atoms with Crippen molar-refractivity contribution in [2.45, 2.75) is 40.0 Å². The third-order valence-corrected chi connectivity index (χ3v) is 3.85. The summed E-state index contributed by atoms with van der Waals surface area (Å²) in [6.07, 6.45) is 2.36. The van der Waals surface area contributed by atoms with Crippen LogP contribution in [-0.2, 0) is 4.79 Å². The Morgan fingerprint density at radius 1 is 1.42 bits per heavy atom. The Kier molecular flexibility index (Phi) is 5.20. The number of aliphatic carboxylic acids is 1. The van der Waals surface area contributed by atoms with Crippen molar-refractivity contribution < 1.29 is 14.7 Å². The molecule has 0 saturated carbocycles. The van der Waals surface area contributed by atoms with Crippen LogP contribution in [0.5, 0.6) is 0 Å². The molecule has 0 aromatic carbocycles. The van der Waals surface area contributed by atoms with Crippen LogP contribution >= 0.6 is 0 Å². The topological polar surface area (TPSA) is 60.9 Å². The summed E-state index contributed by atoms with van der Waals surface area (Å²) in [5, 5.41) is 9.26. The second kappa shape index (κ2) is 6.26. The molecule has 0 spiro atoms. The van der Waals surface area contributed by atoms with Gasteiger partial charge in [-0.2, -0.15) is 0 Å². The van der Waals surface area contributed by atoms with E-state index in [1.807, 2.05) is 0 Å². The molecule has 5 nitrogen and oxygen atoms in total. The molecule has 0 aliphatic carbocycles. The van der Waals surface area contributed by atoms with Crippen molar-refractivity contribution in [2.24, 2.45) is 11.3 Å². The molecule has 5 heteroatoms. The van der Waals surface area contributed by atoms with E-state index in [1.165, 1.54) is 0 Å². The van der Waals surface area contributed by atoms with Gasteiger partial charge in [-0.3, -0.25) is 4.79 Å². The molecule has 0 bridgehead atoms. The largest absolute Gasteiger partial charge is 0.481 e. The Morgan fingerprint density at radius 3 is 2.58 bits per heavy atom. The van der Waals surface area contributed by atoms with E-state index in [2.05, 4.69) is 13.8 Å². The number of urea groups is 1. The lowest BCUT2D eigenvalue weighted by atomic mass is 9.82. The van der Waals surface area contributed by atoms with Crippen LogP contribution in [0.3, 0.4) is 0 Å². The van der Waals surface area contributed by atoms with Gasteiger partial charge in [0.2, 0.25) is 0 Å². The number of carbonyl (C=O) groups is 2. The molecule has 110 valence electrons. The summed E-state index contributed by atoms with van der Waals surface area (Å²) in [4.78, 5) is 26.9. The first-order valence-electron chi connectivity index (χ1n) is 7.00. The minimum absolute atomic E-state index is 0.0483. The summed E-state index contributed by atoms with van der Waals surface area (Å²) >= 11 is 0. The average Bonchev–Trinajstić information content (AvgIpc) is 2.34. The highest BCUT2D eigenvalue weighted by atomic mass is 16.4. The fraction of sp³-hybridized carbons (Fsp3) is 0.857. The lowest BCUT2D eigenvalue weighted by molar-refractivity contribution is -0.150. The van der Waals surface area contributed by atoms with E-state index in [9.17, 15) is 14.7 Å². The normalized spacial score (nSPS) is 23.5. The number of amides is 2. The minimum atomic E-state index is -0.810. The highest BCUT2D eigenvalue weighted by molar-refractivity contribution is 5.78. The molecule has 1 heterocycles. The molecule has 19 heavy (non-hydrogen) atoms. The molecule has 1 rings (SSSR count). The molecule has 0 aromatic heterocycles. The van der Waals surface area contributed by atoms with Crippen LogP contribution in [0, 0.1) is 11.3 Å². The van der Waals surface area contributed by atoms with E-state index < -0.39 is 11.4 Å². The van der Waals surface area contributed by atoms with E-state index in [-0.39, 0.29) is 6.03 Å². The smallest absolute Gasteiger partial charge is 0.319 e. The van der Waals surface area contributed by atoms with Gasteiger partial charge in [-0.05, 0) is 32.1 Å². The van der Waals surface area contributed by atoms with Crippen molar-refractivity contribution in [1.82, 2.24) is 9.80 Å². The molecule has 1 atom stereocenters. The van der Waals surface area contributed by atoms with Crippen molar-refractivity contribution in [3.63, 3.8) is 0 Å². The second-order valence-corrected chi connectivity index (χ2v) is 6.28. The number of carbonyl (C=O) groups excluding carboxylic acids is 1. The molecule has 2 amide bonds. The molecule has 0 aromatic rings. The van der Waals surface area contributed by atoms with Gasteiger partial charge < -0.3 is 14.9 Å². The molecule has 1 unspecified atom stereocenters. The Balaban J connectivity index is 2.59. The number of hydrogen-bond donors (Lipinski definition) is 1. The predicted molar refractivity (Wildman–Crippen MR) is 74.0 cm³/mol. The van der Waals surface area contributed by atoms with E-state index >= 15 is 0 Å². The van der Waals surface area contributed by atoms with Crippen LogP contribution < -0.4 is 0 Å². The van der Waals surface area contributed by atoms with Gasteiger partial charge in [0.15, 0.2) is 0 Å².